The fourth-order valence-electron chi connectivity index (χ4n) is 3.47. The second-order valence-corrected chi connectivity index (χ2v) is 8.27. The fourth-order valence-corrected chi connectivity index (χ4v) is 4.10. The van der Waals surface area contributed by atoms with Crippen LogP contribution in [0.1, 0.15) is 0 Å². The van der Waals surface area contributed by atoms with E-state index in [1.54, 1.807) is 13.3 Å². The van der Waals surface area contributed by atoms with Crippen molar-refractivity contribution < 1.29 is 18.3 Å². The SMILES string of the molecule is COc1ccc(N2CCN(c3ccnc(SCC(=O)Nc4cc(F)ccc4F)n3)CC2)cc1. The Hall–Kier alpha value is -3.40. The molecule has 0 bridgehead atoms. The highest BCUT2D eigenvalue weighted by molar-refractivity contribution is 7.99. The van der Waals surface area contributed by atoms with Crippen molar-refractivity contribution in [3.63, 3.8) is 0 Å². The number of carbonyl (C=O) groups excluding carboxylic acids is 1. The van der Waals surface area contributed by atoms with Gasteiger partial charge in [-0.2, -0.15) is 0 Å². The summed E-state index contributed by atoms with van der Waals surface area (Å²) in [5.41, 5.74) is 0.958. The maximum atomic E-state index is 13.7. The van der Waals surface area contributed by atoms with Crippen molar-refractivity contribution in [2.75, 3.05) is 54.2 Å². The van der Waals surface area contributed by atoms with Gasteiger partial charge in [-0.1, -0.05) is 11.8 Å². The molecule has 4 rings (SSSR count). The lowest BCUT2D eigenvalue weighted by Gasteiger charge is -2.36. The molecule has 0 unspecified atom stereocenters. The summed E-state index contributed by atoms with van der Waals surface area (Å²) in [6.45, 7) is 3.29. The lowest BCUT2D eigenvalue weighted by Crippen LogP contribution is -2.46. The standard InChI is InChI=1S/C23H23F2N5O2S/c1-32-18-5-3-17(4-6-18)29-10-12-30(13-11-29)21-8-9-26-23(28-21)33-15-22(31)27-20-14-16(24)2-7-19(20)25/h2-9,14H,10-13,15H2,1H3,(H,27,31). The quantitative estimate of drug-likeness (QED) is 0.415. The molecule has 1 amide bonds. The summed E-state index contributed by atoms with van der Waals surface area (Å²) in [7, 11) is 1.65. The highest BCUT2D eigenvalue weighted by Crippen LogP contribution is 2.23. The first-order chi connectivity index (χ1) is 16.0. The Morgan fingerprint density at radius 3 is 2.52 bits per heavy atom. The Morgan fingerprint density at radius 1 is 1.06 bits per heavy atom. The van der Waals surface area contributed by atoms with Crippen LogP contribution in [0.15, 0.2) is 59.9 Å². The number of hydrogen-bond acceptors (Lipinski definition) is 7. The molecule has 7 nitrogen and oxygen atoms in total. The van der Waals surface area contributed by atoms with Gasteiger partial charge in [-0.15, -0.1) is 0 Å². The highest BCUT2D eigenvalue weighted by atomic mass is 32.2. The second kappa shape index (κ2) is 10.5. The molecule has 0 aliphatic carbocycles. The van der Waals surface area contributed by atoms with Gasteiger partial charge >= 0.3 is 0 Å². The molecule has 0 atom stereocenters. The third kappa shape index (κ3) is 5.89. The fraction of sp³-hybridized carbons (Fsp3) is 0.261. The molecule has 1 N–H and O–H groups in total. The number of nitrogens with zero attached hydrogens (tertiary/aromatic N) is 4. The molecule has 1 saturated heterocycles. The first kappa shape index (κ1) is 22.8. The second-order valence-electron chi connectivity index (χ2n) is 7.33. The van der Waals surface area contributed by atoms with E-state index in [1.807, 2.05) is 18.2 Å². The summed E-state index contributed by atoms with van der Waals surface area (Å²) in [5.74, 6) is -0.183. The Balaban J connectivity index is 1.30. The van der Waals surface area contributed by atoms with Crippen molar-refractivity contribution in [3.8, 4) is 5.75 Å². The molecule has 172 valence electrons. The van der Waals surface area contributed by atoms with Crippen LogP contribution >= 0.6 is 11.8 Å². The minimum atomic E-state index is -0.693. The minimum absolute atomic E-state index is 0.0232. The molecule has 0 spiro atoms. The Bertz CT molecular complexity index is 1110. The van der Waals surface area contributed by atoms with Gasteiger partial charge in [-0.25, -0.2) is 18.7 Å². The minimum Gasteiger partial charge on any atom is -0.497 e. The van der Waals surface area contributed by atoms with E-state index in [1.165, 1.54) is 0 Å². The van der Waals surface area contributed by atoms with Gasteiger partial charge < -0.3 is 19.9 Å². The van der Waals surface area contributed by atoms with E-state index >= 15 is 0 Å². The molecule has 1 aliphatic rings. The zero-order chi connectivity index (χ0) is 23.2. The molecule has 3 aromatic rings. The highest BCUT2D eigenvalue weighted by Gasteiger charge is 2.19. The van der Waals surface area contributed by atoms with Crippen LogP contribution < -0.4 is 19.9 Å². The summed E-state index contributed by atoms with van der Waals surface area (Å²) < 4.78 is 32.2. The molecule has 10 heteroatoms. The van der Waals surface area contributed by atoms with E-state index in [-0.39, 0.29) is 11.4 Å². The Labute approximate surface area is 194 Å². The number of amides is 1. The van der Waals surface area contributed by atoms with Gasteiger partial charge in [-0.3, -0.25) is 4.79 Å². The van der Waals surface area contributed by atoms with E-state index in [9.17, 15) is 13.6 Å². The summed E-state index contributed by atoms with van der Waals surface area (Å²) in [4.78, 5) is 25.4. The average molecular weight is 472 g/mol. The Kier molecular flexibility index (Phi) is 7.23. The van der Waals surface area contributed by atoms with Crippen LogP contribution in [0.25, 0.3) is 0 Å². The van der Waals surface area contributed by atoms with E-state index in [2.05, 4.69) is 37.2 Å². The predicted molar refractivity (Wildman–Crippen MR) is 125 cm³/mol. The third-order valence-electron chi connectivity index (χ3n) is 5.19. The van der Waals surface area contributed by atoms with Gasteiger partial charge in [0.1, 0.15) is 23.2 Å². The number of ether oxygens (including phenoxy) is 1. The van der Waals surface area contributed by atoms with Crippen molar-refractivity contribution >= 4 is 34.9 Å². The molecule has 1 aliphatic heterocycles. The van der Waals surface area contributed by atoms with E-state index in [4.69, 9.17) is 4.74 Å². The normalized spacial score (nSPS) is 13.7. The number of halogens is 2. The van der Waals surface area contributed by atoms with E-state index < -0.39 is 17.5 Å². The van der Waals surface area contributed by atoms with Crippen molar-refractivity contribution in [2.45, 2.75) is 5.16 Å². The lowest BCUT2D eigenvalue weighted by atomic mass is 10.2. The summed E-state index contributed by atoms with van der Waals surface area (Å²) in [6, 6.07) is 12.8. The zero-order valence-electron chi connectivity index (χ0n) is 18.0. The van der Waals surface area contributed by atoms with Crippen molar-refractivity contribution in [3.05, 3.63) is 66.4 Å². The number of nitrogens with one attached hydrogen (secondary N) is 1. The first-order valence-electron chi connectivity index (χ1n) is 10.4. The number of thioether (sulfide) groups is 1. The van der Waals surface area contributed by atoms with E-state index in [0.717, 1.165) is 73.4 Å². The average Bonchev–Trinajstić information content (AvgIpc) is 2.85. The Morgan fingerprint density at radius 2 is 1.79 bits per heavy atom. The molecular weight excluding hydrogens is 448 g/mol. The van der Waals surface area contributed by atoms with Crippen molar-refractivity contribution in [2.24, 2.45) is 0 Å². The molecular formula is C23H23F2N5O2S. The number of anilines is 3. The lowest BCUT2D eigenvalue weighted by molar-refractivity contribution is -0.113. The molecule has 2 aromatic carbocycles. The van der Waals surface area contributed by atoms with Gasteiger partial charge in [-0.05, 0) is 42.5 Å². The summed E-state index contributed by atoms with van der Waals surface area (Å²) in [5, 5.41) is 2.82. The number of hydrogen-bond donors (Lipinski definition) is 1. The molecule has 1 fully saturated rings. The van der Waals surface area contributed by atoms with Crippen LogP contribution in [0.5, 0.6) is 5.75 Å². The first-order valence-corrected chi connectivity index (χ1v) is 11.3. The molecule has 2 heterocycles. The monoisotopic (exact) mass is 471 g/mol. The number of carbonyl (C=O) groups is 1. The predicted octanol–water partition coefficient (Wildman–Crippen LogP) is 3.82. The molecule has 1 aromatic heterocycles. The van der Waals surface area contributed by atoms with Crippen LogP contribution in [0.3, 0.4) is 0 Å². The van der Waals surface area contributed by atoms with Gasteiger partial charge in [0, 0.05) is 44.1 Å². The largest absolute Gasteiger partial charge is 0.497 e. The van der Waals surface area contributed by atoms with Crippen LogP contribution in [0.4, 0.5) is 26.0 Å². The van der Waals surface area contributed by atoms with Gasteiger partial charge in [0.25, 0.3) is 0 Å². The molecule has 0 radical (unpaired) electrons. The molecule has 33 heavy (non-hydrogen) atoms. The number of rotatable bonds is 7. The van der Waals surface area contributed by atoms with Gasteiger partial charge in [0.05, 0.1) is 18.6 Å². The number of aromatic nitrogens is 2. The maximum absolute atomic E-state index is 13.7. The smallest absolute Gasteiger partial charge is 0.234 e. The van der Waals surface area contributed by atoms with Crippen LogP contribution in [-0.2, 0) is 4.79 Å². The number of methoxy groups -OCH3 is 1. The third-order valence-corrected chi connectivity index (χ3v) is 6.06. The summed E-state index contributed by atoms with van der Waals surface area (Å²) in [6.07, 6.45) is 1.66. The van der Waals surface area contributed by atoms with E-state index in [0.29, 0.717) is 5.16 Å². The van der Waals surface area contributed by atoms with Crippen molar-refractivity contribution in [1.29, 1.82) is 0 Å². The van der Waals surface area contributed by atoms with Crippen molar-refractivity contribution in [1.82, 2.24) is 9.97 Å². The zero-order valence-corrected chi connectivity index (χ0v) is 18.8. The molecule has 0 saturated carbocycles. The number of piperazine rings is 1. The van der Waals surface area contributed by atoms with Crippen LogP contribution in [0, 0.1) is 11.6 Å². The maximum Gasteiger partial charge on any atom is 0.234 e. The topological polar surface area (TPSA) is 70.6 Å². The van der Waals surface area contributed by atoms with Crippen LogP contribution in [-0.4, -0.2) is 54.9 Å². The van der Waals surface area contributed by atoms with Gasteiger partial charge in [0.2, 0.25) is 5.91 Å². The summed E-state index contributed by atoms with van der Waals surface area (Å²) >= 11 is 1.14. The number of benzene rings is 2. The van der Waals surface area contributed by atoms with Crippen LogP contribution in [0.2, 0.25) is 0 Å². The van der Waals surface area contributed by atoms with Gasteiger partial charge in [0.15, 0.2) is 5.16 Å².